The van der Waals surface area contributed by atoms with Crippen molar-refractivity contribution in [2.45, 2.75) is 36.5 Å². The largest absolute Gasteiger partial charge is 0.323 e. The minimum Gasteiger partial charge on any atom is -0.323 e. The number of benzene rings is 2. The van der Waals surface area contributed by atoms with E-state index in [9.17, 15) is 4.21 Å². The average molecular weight is 366 g/mol. The van der Waals surface area contributed by atoms with E-state index in [1.165, 1.54) is 5.56 Å². The van der Waals surface area contributed by atoms with Gasteiger partial charge in [0.2, 0.25) is 0 Å². The molecular weight excluding hydrogens is 346 g/mol. The molecule has 21 heavy (non-hydrogen) atoms. The van der Waals surface area contributed by atoms with Crippen molar-refractivity contribution >= 4 is 26.7 Å². The van der Waals surface area contributed by atoms with Crippen molar-refractivity contribution in [3.05, 3.63) is 64.1 Å². The van der Waals surface area contributed by atoms with E-state index in [2.05, 4.69) is 35.0 Å². The summed E-state index contributed by atoms with van der Waals surface area (Å²) < 4.78 is 13.6. The van der Waals surface area contributed by atoms with Crippen molar-refractivity contribution in [1.29, 1.82) is 0 Å². The van der Waals surface area contributed by atoms with Crippen LogP contribution < -0.4 is 5.73 Å². The number of nitrogens with two attached hydrogens (primary N) is 1. The van der Waals surface area contributed by atoms with E-state index >= 15 is 0 Å². The molecule has 0 heterocycles. The van der Waals surface area contributed by atoms with E-state index in [-0.39, 0.29) is 11.3 Å². The molecular formula is C17H20BrNOS. The van der Waals surface area contributed by atoms with Crippen LogP contribution in [0.4, 0.5) is 0 Å². The van der Waals surface area contributed by atoms with Gasteiger partial charge in [-0.05, 0) is 52.5 Å². The van der Waals surface area contributed by atoms with Gasteiger partial charge in [0.1, 0.15) is 0 Å². The number of rotatable bonds is 5. The van der Waals surface area contributed by atoms with E-state index in [4.69, 9.17) is 5.73 Å². The van der Waals surface area contributed by atoms with Crippen molar-refractivity contribution in [1.82, 2.24) is 0 Å². The van der Waals surface area contributed by atoms with Gasteiger partial charge in [-0.15, -0.1) is 0 Å². The monoisotopic (exact) mass is 365 g/mol. The molecule has 0 aromatic heterocycles. The van der Waals surface area contributed by atoms with E-state index in [1.54, 1.807) is 0 Å². The maximum atomic E-state index is 12.7. The number of halogens is 1. The molecule has 2 aromatic carbocycles. The highest BCUT2D eigenvalue weighted by atomic mass is 79.9. The van der Waals surface area contributed by atoms with Crippen LogP contribution in [0, 0.1) is 0 Å². The van der Waals surface area contributed by atoms with Crippen molar-refractivity contribution in [2.24, 2.45) is 5.73 Å². The molecule has 0 aliphatic rings. The Morgan fingerprint density at radius 3 is 2.33 bits per heavy atom. The quantitative estimate of drug-likeness (QED) is 0.862. The van der Waals surface area contributed by atoms with Crippen LogP contribution in [0.15, 0.2) is 57.9 Å². The van der Waals surface area contributed by atoms with Gasteiger partial charge in [-0.25, -0.2) is 0 Å². The van der Waals surface area contributed by atoms with Gasteiger partial charge >= 0.3 is 0 Å². The van der Waals surface area contributed by atoms with Crippen LogP contribution in [0.1, 0.15) is 31.0 Å². The molecule has 4 heteroatoms. The zero-order valence-electron chi connectivity index (χ0n) is 12.3. The third kappa shape index (κ3) is 3.82. The summed E-state index contributed by atoms with van der Waals surface area (Å²) in [7, 11) is -1.15. The van der Waals surface area contributed by atoms with E-state index in [0.717, 1.165) is 21.4 Å². The van der Waals surface area contributed by atoms with Gasteiger partial charge in [0.05, 0.1) is 20.9 Å². The van der Waals surface area contributed by atoms with Crippen molar-refractivity contribution in [3.63, 3.8) is 0 Å². The summed E-state index contributed by atoms with van der Waals surface area (Å²) >= 11 is 3.46. The molecule has 0 aliphatic heterocycles. The van der Waals surface area contributed by atoms with Gasteiger partial charge in [0.25, 0.3) is 0 Å². The van der Waals surface area contributed by atoms with Crippen LogP contribution in [0.25, 0.3) is 0 Å². The third-order valence-corrected chi connectivity index (χ3v) is 6.38. The second-order valence-electron chi connectivity index (χ2n) is 5.05. The summed E-state index contributed by atoms with van der Waals surface area (Å²) in [5, 5.41) is -0.156. The molecule has 0 radical (unpaired) electrons. The standard InChI is InChI=1S/C17H20BrNOS/c1-3-13-8-10-14(11-9-13)17(19)12(2)21(20)16-7-5-4-6-15(16)18/h4-12,17H,3,19H2,1-2H3. The van der Waals surface area contributed by atoms with Crippen molar-refractivity contribution in [3.8, 4) is 0 Å². The zero-order chi connectivity index (χ0) is 15.4. The average Bonchev–Trinajstić information content (AvgIpc) is 2.53. The SMILES string of the molecule is CCc1ccc(C(N)C(C)S(=O)c2ccccc2Br)cc1. The normalized spacial score (nSPS) is 15.4. The van der Waals surface area contributed by atoms with E-state index in [0.29, 0.717) is 0 Å². The summed E-state index contributed by atoms with van der Waals surface area (Å²) in [5.41, 5.74) is 8.62. The number of hydrogen-bond acceptors (Lipinski definition) is 2. The summed E-state index contributed by atoms with van der Waals surface area (Å²) in [6.07, 6.45) is 1.01. The van der Waals surface area contributed by atoms with Gasteiger partial charge < -0.3 is 5.73 Å². The lowest BCUT2D eigenvalue weighted by Crippen LogP contribution is -2.27. The highest BCUT2D eigenvalue weighted by Crippen LogP contribution is 2.27. The maximum Gasteiger partial charge on any atom is 0.0588 e. The first-order valence-corrected chi connectivity index (χ1v) is 9.04. The smallest absolute Gasteiger partial charge is 0.0588 e. The molecule has 3 atom stereocenters. The first kappa shape index (κ1) is 16.4. The molecule has 0 saturated heterocycles. The molecule has 0 bridgehead atoms. The van der Waals surface area contributed by atoms with Gasteiger partial charge in [-0.3, -0.25) is 4.21 Å². The van der Waals surface area contributed by atoms with Gasteiger partial charge in [0, 0.05) is 10.5 Å². The second kappa shape index (κ2) is 7.34. The Bertz CT molecular complexity index is 627. The lowest BCUT2D eigenvalue weighted by atomic mass is 10.0. The van der Waals surface area contributed by atoms with E-state index < -0.39 is 10.8 Å². The summed E-state index contributed by atoms with van der Waals surface area (Å²) in [6.45, 7) is 4.06. The van der Waals surface area contributed by atoms with E-state index in [1.807, 2.05) is 43.3 Å². The van der Waals surface area contributed by atoms with Crippen LogP contribution in [0.5, 0.6) is 0 Å². The molecule has 2 rings (SSSR count). The van der Waals surface area contributed by atoms with Crippen molar-refractivity contribution in [2.75, 3.05) is 0 Å². The van der Waals surface area contributed by atoms with Crippen LogP contribution in [0.2, 0.25) is 0 Å². The Hall–Kier alpha value is -0.970. The predicted molar refractivity (Wildman–Crippen MR) is 92.8 cm³/mol. The Morgan fingerprint density at radius 1 is 1.14 bits per heavy atom. The lowest BCUT2D eigenvalue weighted by Gasteiger charge is -2.20. The topological polar surface area (TPSA) is 43.1 Å². The summed E-state index contributed by atoms with van der Waals surface area (Å²) in [6, 6.07) is 15.6. The molecule has 112 valence electrons. The van der Waals surface area contributed by atoms with Crippen LogP contribution in [0.3, 0.4) is 0 Å². The first-order valence-electron chi connectivity index (χ1n) is 7.04. The molecule has 0 fully saturated rings. The van der Waals surface area contributed by atoms with Gasteiger partial charge in [-0.2, -0.15) is 0 Å². The highest BCUT2D eigenvalue weighted by molar-refractivity contribution is 9.10. The molecule has 0 spiro atoms. The second-order valence-corrected chi connectivity index (χ2v) is 7.69. The number of hydrogen-bond donors (Lipinski definition) is 1. The van der Waals surface area contributed by atoms with Gasteiger partial charge in [0.15, 0.2) is 0 Å². The summed E-state index contributed by atoms with van der Waals surface area (Å²) in [4.78, 5) is 0.797. The Kier molecular flexibility index (Phi) is 5.73. The molecule has 2 nitrogen and oxygen atoms in total. The first-order chi connectivity index (χ1) is 10.0. The Labute approximate surface area is 137 Å². The predicted octanol–water partition coefficient (Wildman–Crippen LogP) is 4.21. The van der Waals surface area contributed by atoms with Crippen molar-refractivity contribution < 1.29 is 4.21 Å². The fourth-order valence-electron chi connectivity index (χ4n) is 2.19. The van der Waals surface area contributed by atoms with Crippen LogP contribution in [-0.2, 0) is 17.2 Å². The molecule has 3 unspecified atom stereocenters. The third-order valence-electron chi connectivity index (χ3n) is 3.67. The lowest BCUT2D eigenvalue weighted by molar-refractivity contribution is 0.643. The minimum atomic E-state index is -1.15. The zero-order valence-corrected chi connectivity index (χ0v) is 14.7. The fourth-order valence-corrected chi connectivity index (χ4v) is 4.25. The summed E-state index contributed by atoms with van der Waals surface area (Å²) in [5.74, 6) is 0. The molecule has 2 aromatic rings. The molecule has 0 saturated carbocycles. The Morgan fingerprint density at radius 2 is 1.76 bits per heavy atom. The van der Waals surface area contributed by atoms with Gasteiger partial charge in [-0.1, -0.05) is 43.3 Å². The van der Waals surface area contributed by atoms with Crippen LogP contribution in [-0.4, -0.2) is 9.46 Å². The molecule has 0 aliphatic carbocycles. The highest BCUT2D eigenvalue weighted by Gasteiger charge is 2.23. The molecule has 2 N–H and O–H groups in total. The minimum absolute atomic E-state index is 0.156. The Balaban J connectivity index is 2.20. The molecule has 0 amide bonds. The fraction of sp³-hybridized carbons (Fsp3) is 0.294. The number of aryl methyl sites for hydroxylation is 1. The maximum absolute atomic E-state index is 12.7. The van der Waals surface area contributed by atoms with Crippen LogP contribution >= 0.6 is 15.9 Å².